The van der Waals surface area contributed by atoms with Crippen LogP contribution in [-0.2, 0) is 9.05 Å². The molecule has 1 aliphatic carbocycles. The van der Waals surface area contributed by atoms with Gasteiger partial charge in [-0.2, -0.15) is 0 Å². The Morgan fingerprint density at radius 1 is 1.40 bits per heavy atom. The summed E-state index contributed by atoms with van der Waals surface area (Å²) in [4.78, 5) is 0. The van der Waals surface area contributed by atoms with Crippen LogP contribution in [0.2, 0.25) is 0 Å². The van der Waals surface area contributed by atoms with E-state index in [-0.39, 0.29) is 6.42 Å². The highest BCUT2D eigenvalue weighted by Gasteiger charge is 2.32. The lowest BCUT2D eigenvalue weighted by Crippen LogP contribution is -2.11. The van der Waals surface area contributed by atoms with Gasteiger partial charge in [0.05, 0.1) is 5.25 Å². The third kappa shape index (κ3) is 1.83. The second-order valence-corrected chi connectivity index (χ2v) is 5.42. The average molecular weight is 187 g/mol. The molecule has 0 aromatic carbocycles. The van der Waals surface area contributed by atoms with Crippen LogP contribution in [-0.4, -0.2) is 19.8 Å². The van der Waals surface area contributed by atoms with Gasteiger partial charge in [-0.3, -0.25) is 0 Å². The predicted octanol–water partition coefficient (Wildman–Crippen LogP) is 1.45. The molecule has 5 heteroatoms. The summed E-state index contributed by atoms with van der Waals surface area (Å²) in [6.07, 6.45) is -0.200. The molecule has 0 aromatic heterocycles. The molecule has 1 rings (SSSR count). The molecular formula is C5H8ClFO2S. The minimum atomic E-state index is -3.50. The lowest BCUT2D eigenvalue weighted by molar-refractivity contribution is 0.343. The first kappa shape index (κ1) is 8.27. The Kier molecular flexibility index (Phi) is 2.20. The summed E-state index contributed by atoms with van der Waals surface area (Å²) in [5.41, 5.74) is 0. The van der Waals surface area contributed by atoms with Crippen molar-refractivity contribution in [2.75, 3.05) is 0 Å². The van der Waals surface area contributed by atoms with Crippen LogP contribution in [0.5, 0.6) is 0 Å². The van der Waals surface area contributed by atoms with Gasteiger partial charge < -0.3 is 0 Å². The third-order valence-electron chi connectivity index (χ3n) is 1.72. The van der Waals surface area contributed by atoms with Crippen LogP contribution < -0.4 is 0 Å². The van der Waals surface area contributed by atoms with Crippen LogP contribution >= 0.6 is 10.7 Å². The smallest absolute Gasteiger partial charge is 0.235 e. The monoisotopic (exact) mass is 186 g/mol. The summed E-state index contributed by atoms with van der Waals surface area (Å²) < 4.78 is 33.5. The molecule has 0 bridgehead atoms. The van der Waals surface area contributed by atoms with Crippen molar-refractivity contribution in [3.8, 4) is 0 Å². The molecule has 0 aliphatic heterocycles. The van der Waals surface area contributed by atoms with Gasteiger partial charge in [-0.15, -0.1) is 0 Å². The van der Waals surface area contributed by atoms with E-state index < -0.39 is 20.5 Å². The van der Waals surface area contributed by atoms with Crippen molar-refractivity contribution in [2.24, 2.45) is 0 Å². The number of halogens is 2. The summed E-state index contributed by atoms with van der Waals surface area (Å²) in [7, 11) is 1.51. The van der Waals surface area contributed by atoms with E-state index in [0.29, 0.717) is 12.8 Å². The Morgan fingerprint density at radius 3 is 2.20 bits per heavy atom. The van der Waals surface area contributed by atoms with Gasteiger partial charge in [0.1, 0.15) is 6.17 Å². The van der Waals surface area contributed by atoms with Crippen molar-refractivity contribution in [2.45, 2.75) is 30.7 Å². The maximum atomic E-state index is 12.4. The number of rotatable bonds is 1. The van der Waals surface area contributed by atoms with Gasteiger partial charge in [-0.25, -0.2) is 12.8 Å². The average Bonchev–Trinajstić information content (AvgIpc) is 2.11. The quantitative estimate of drug-likeness (QED) is 0.581. The Morgan fingerprint density at radius 2 is 2.00 bits per heavy atom. The van der Waals surface area contributed by atoms with Crippen LogP contribution in [0.3, 0.4) is 0 Å². The van der Waals surface area contributed by atoms with Gasteiger partial charge in [-0.05, 0) is 19.3 Å². The molecule has 0 aromatic rings. The van der Waals surface area contributed by atoms with Crippen LogP contribution in [0.1, 0.15) is 19.3 Å². The summed E-state index contributed by atoms with van der Waals surface area (Å²) in [6, 6.07) is 0. The zero-order valence-electron chi connectivity index (χ0n) is 5.26. The molecule has 0 heterocycles. The maximum absolute atomic E-state index is 12.4. The van der Waals surface area contributed by atoms with E-state index in [1.807, 2.05) is 0 Å². The minimum Gasteiger partial charge on any atom is -0.247 e. The van der Waals surface area contributed by atoms with Gasteiger partial charge in [0.2, 0.25) is 9.05 Å². The van der Waals surface area contributed by atoms with Crippen molar-refractivity contribution in [3.05, 3.63) is 0 Å². The van der Waals surface area contributed by atoms with E-state index in [1.165, 1.54) is 0 Å². The van der Waals surface area contributed by atoms with Crippen molar-refractivity contribution < 1.29 is 12.8 Å². The van der Waals surface area contributed by atoms with Gasteiger partial charge in [-0.1, -0.05) is 0 Å². The molecule has 1 saturated carbocycles. The summed E-state index contributed by atoms with van der Waals surface area (Å²) in [5.74, 6) is 0. The van der Waals surface area contributed by atoms with E-state index in [1.54, 1.807) is 0 Å². The summed E-state index contributed by atoms with van der Waals surface area (Å²) in [6.45, 7) is 0. The molecular weight excluding hydrogens is 179 g/mol. The first-order valence-electron chi connectivity index (χ1n) is 3.07. The highest BCUT2D eigenvalue weighted by Crippen LogP contribution is 2.29. The fourth-order valence-electron chi connectivity index (χ4n) is 1.14. The Bertz CT molecular complexity index is 214. The molecule has 10 heavy (non-hydrogen) atoms. The molecule has 2 nitrogen and oxygen atoms in total. The molecule has 1 aliphatic rings. The molecule has 1 fully saturated rings. The normalized spacial score (nSPS) is 34.6. The second-order valence-electron chi connectivity index (χ2n) is 2.51. The topological polar surface area (TPSA) is 34.1 Å². The SMILES string of the molecule is O=S(=O)(Cl)C1CCC(F)C1. The molecule has 0 radical (unpaired) electrons. The van der Waals surface area contributed by atoms with Gasteiger partial charge >= 0.3 is 0 Å². The van der Waals surface area contributed by atoms with E-state index >= 15 is 0 Å². The van der Waals surface area contributed by atoms with Crippen LogP contribution in [0.25, 0.3) is 0 Å². The van der Waals surface area contributed by atoms with E-state index in [0.717, 1.165) is 0 Å². The highest BCUT2D eigenvalue weighted by atomic mass is 35.7. The van der Waals surface area contributed by atoms with Gasteiger partial charge in [0.25, 0.3) is 0 Å². The first-order chi connectivity index (χ1) is 4.50. The Balaban J connectivity index is 2.62. The lowest BCUT2D eigenvalue weighted by Gasteiger charge is -2.01. The molecule has 0 saturated heterocycles. The van der Waals surface area contributed by atoms with Crippen LogP contribution in [0.4, 0.5) is 4.39 Å². The zero-order chi connectivity index (χ0) is 7.78. The predicted molar refractivity (Wildman–Crippen MR) is 37.3 cm³/mol. The fraction of sp³-hybridized carbons (Fsp3) is 1.00. The molecule has 2 unspecified atom stereocenters. The molecule has 0 amide bonds. The van der Waals surface area contributed by atoms with Crippen molar-refractivity contribution in [1.29, 1.82) is 0 Å². The standard InChI is InChI=1S/C5H8ClFO2S/c6-10(8,9)5-2-1-4(7)3-5/h4-5H,1-3H2. The number of hydrogen-bond donors (Lipinski definition) is 0. The molecule has 0 spiro atoms. The van der Waals surface area contributed by atoms with Crippen LogP contribution in [0.15, 0.2) is 0 Å². The zero-order valence-corrected chi connectivity index (χ0v) is 6.83. The first-order valence-corrected chi connectivity index (χ1v) is 5.45. The third-order valence-corrected chi connectivity index (χ3v) is 3.70. The maximum Gasteiger partial charge on any atom is 0.235 e. The summed E-state index contributed by atoms with van der Waals surface area (Å²) in [5, 5.41) is -0.649. The van der Waals surface area contributed by atoms with E-state index in [4.69, 9.17) is 10.7 Å². The van der Waals surface area contributed by atoms with Gasteiger partial charge in [0, 0.05) is 10.7 Å². The van der Waals surface area contributed by atoms with Crippen molar-refractivity contribution in [1.82, 2.24) is 0 Å². The summed E-state index contributed by atoms with van der Waals surface area (Å²) >= 11 is 0. The fourth-order valence-corrected chi connectivity index (χ4v) is 2.49. The molecule has 0 N–H and O–H groups in total. The highest BCUT2D eigenvalue weighted by molar-refractivity contribution is 8.14. The second kappa shape index (κ2) is 2.66. The van der Waals surface area contributed by atoms with Crippen LogP contribution in [0, 0.1) is 0 Å². The van der Waals surface area contributed by atoms with Crippen molar-refractivity contribution in [3.63, 3.8) is 0 Å². The Hall–Kier alpha value is 0.170. The number of alkyl halides is 1. The minimum absolute atomic E-state index is 0.0752. The van der Waals surface area contributed by atoms with E-state index in [9.17, 15) is 12.8 Å². The number of hydrogen-bond acceptors (Lipinski definition) is 2. The largest absolute Gasteiger partial charge is 0.247 e. The van der Waals surface area contributed by atoms with E-state index in [2.05, 4.69) is 0 Å². The molecule has 2 atom stereocenters. The molecule has 60 valence electrons. The Labute approximate surface area is 63.8 Å². The lowest BCUT2D eigenvalue weighted by atomic mass is 10.3. The van der Waals surface area contributed by atoms with Crippen molar-refractivity contribution >= 4 is 19.7 Å². The van der Waals surface area contributed by atoms with Gasteiger partial charge in [0.15, 0.2) is 0 Å².